The maximum absolute atomic E-state index is 13.3. The van der Waals surface area contributed by atoms with Crippen LogP contribution in [0.3, 0.4) is 0 Å². The molecule has 33 heavy (non-hydrogen) atoms. The fourth-order valence-corrected chi connectivity index (χ4v) is 4.53. The summed E-state index contributed by atoms with van der Waals surface area (Å²) in [5, 5.41) is 2.95. The zero-order chi connectivity index (χ0) is 22.6. The minimum absolute atomic E-state index is 0.0265. The van der Waals surface area contributed by atoms with E-state index in [0.29, 0.717) is 24.5 Å². The van der Waals surface area contributed by atoms with Gasteiger partial charge in [-0.1, -0.05) is 6.07 Å². The van der Waals surface area contributed by atoms with Crippen molar-refractivity contribution in [3.05, 3.63) is 72.7 Å². The Kier molecular flexibility index (Phi) is 6.13. The number of pyridine rings is 2. The maximum atomic E-state index is 13.3. The molecule has 2 aliphatic heterocycles. The first-order chi connectivity index (χ1) is 16.2. The first kappa shape index (κ1) is 21.3. The lowest BCUT2D eigenvalue weighted by atomic mass is 9.91. The number of benzene rings is 1. The number of anilines is 1. The fourth-order valence-electron chi connectivity index (χ4n) is 4.53. The van der Waals surface area contributed by atoms with Crippen LogP contribution in [0.2, 0.25) is 0 Å². The first-order valence-corrected chi connectivity index (χ1v) is 11.3. The second-order valence-corrected chi connectivity index (χ2v) is 8.60. The molecule has 3 aromatic rings. The predicted octanol–water partition coefficient (Wildman–Crippen LogP) is 3.69. The summed E-state index contributed by atoms with van der Waals surface area (Å²) in [6.07, 6.45) is 6.63. The molecule has 168 valence electrons. The number of fused-ring (bicyclic) bond motifs is 1. The van der Waals surface area contributed by atoms with Gasteiger partial charge in [-0.15, -0.1) is 0 Å². The highest BCUT2D eigenvalue weighted by atomic mass is 16.5. The zero-order valence-corrected chi connectivity index (χ0v) is 18.3. The van der Waals surface area contributed by atoms with Crippen molar-refractivity contribution in [2.75, 3.05) is 31.6 Å². The molecule has 1 amide bonds. The normalized spacial score (nSPS) is 18.9. The summed E-state index contributed by atoms with van der Waals surface area (Å²) in [7, 11) is 0. The van der Waals surface area contributed by atoms with Gasteiger partial charge < -0.3 is 15.0 Å². The highest BCUT2D eigenvalue weighted by Gasteiger charge is 2.33. The van der Waals surface area contributed by atoms with Crippen molar-refractivity contribution in [2.24, 2.45) is 11.8 Å². The van der Waals surface area contributed by atoms with Crippen LogP contribution in [0.25, 0.3) is 11.3 Å². The summed E-state index contributed by atoms with van der Waals surface area (Å²) in [5.41, 5.74) is 3.09. The van der Waals surface area contributed by atoms with E-state index in [1.54, 1.807) is 24.7 Å². The lowest BCUT2D eigenvalue weighted by Crippen LogP contribution is -2.44. The number of nitrogens with one attached hydrogen (secondary N) is 1. The molecule has 7 heteroatoms. The van der Waals surface area contributed by atoms with E-state index in [9.17, 15) is 9.59 Å². The molecule has 1 N–H and O–H groups in total. The number of Topliss-reactive ketones (excluding diaryl/α,β-unsaturated/α-hetero) is 1. The van der Waals surface area contributed by atoms with Gasteiger partial charge in [0.05, 0.1) is 35.7 Å². The van der Waals surface area contributed by atoms with Gasteiger partial charge in [0.25, 0.3) is 0 Å². The molecular formula is C26H26N4O3. The van der Waals surface area contributed by atoms with Crippen molar-refractivity contribution in [1.29, 1.82) is 0 Å². The molecule has 0 spiro atoms. The van der Waals surface area contributed by atoms with Gasteiger partial charge in [0.15, 0.2) is 5.78 Å². The third kappa shape index (κ3) is 4.78. The number of ketones is 1. The van der Waals surface area contributed by atoms with Gasteiger partial charge in [-0.25, -0.2) is 0 Å². The molecule has 1 fully saturated rings. The molecule has 0 bridgehead atoms. The second kappa shape index (κ2) is 9.50. The Labute approximate surface area is 192 Å². The number of ether oxygens (including phenoxy) is 1. The van der Waals surface area contributed by atoms with Crippen molar-refractivity contribution < 1.29 is 14.3 Å². The Morgan fingerprint density at radius 3 is 2.73 bits per heavy atom. The quantitative estimate of drug-likeness (QED) is 0.649. The van der Waals surface area contributed by atoms with E-state index in [4.69, 9.17) is 4.74 Å². The maximum Gasteiger partial charge on any atom is 0.227 e. The Hall–Kier alpha value is -3.58. The standard InChI is InChI=1S/C26H26N4O3/c31-25-20(17-33-24-7-6-19(14-22(24)25)23-5-1-2-11-28-23)16-30-12-8-18(9-13-30)26(32)29-21-4-3-10-27-15-21/h1-7,10-11,14-15,18,20H,8-9,12-13,16-17H2,(H,29,32). The van der Waals surface area contributed by atoms with Crippen LogP contribution in [0.4, 0.5) is 5.69 Å². The van der Waals surface area contributed by atoms with Gasteiger partial charge in [-0.05, 0) is 68.4 Å². The number of nitrogens with zero attached hydrogens (tertiary/aromatic N) is 3. The van der Waals surface area contributed by atoms with Crippen LogP contribution >= 0.6 is 0 Å². The van der Waals surface area contributed by atoms with Crippen molar-refractivity contribution in [1.82, 2.24) is 14.9 Å². The molecule has 1 aromatic carbocycles. The molecule has 0 radical (unpaired) electrons. The Balaban J connectivity index is 1.19. The lowest BCUT2D eigenvalue weighted by molar-refractivity contribution is -0.121. The van der Waals surface area contributed by atoms with Crippen LogP contribution < -0.4 is 10.1 Å². The molecule has 4 heterocycles. The number of carbonyl (C=O) groups is 2. The summed E-state index contributed by atoms with van der Waals surface area (Å²) in [4.78, 5) is 36.5. The lowest BCUT2D eigenvalue weighted by Gasteiger charge is -2.34. The highest BCUT2D eigenvalue weighted by Crippen LogP contribution is 2.32. The van der Waals surface area contributed by atoms with Gasteiger partial charge in [-0.3, -0.25) is 19.6 Å². The van der Waals surface area contributed by atoms with Crippen LogP contribution in [0.1, 0.15) is 23.2 Å². The molecule has 1 saturated heterocycles. The molecule has 2 aliphatic rings. The zero-order valence-electron chi connectivity index (χ0n) is 18.3. The van der Waals surface area contributed by atoms with Crippen LogP contribution in [0.5, 0.6) is 5.75 Å². The average Bonchev–Trinajstić information content (AvgIpc) is 2.87. The highest BCUT2D eigenvalue weighted by molar-refractivity contribution is 6.02. The van der Waals surface area contributed by atoms with Crippen LogP contribution in [-0.2, 0) is 4.79 Å². The van der Waals surface area contributed by atoms with E-state index >= 15 is 0 Å². The minimum Gasteiger partial charge on any atom is -0.492 e. The number of likely N-dealkylation sites (tertiary alicyclic amines) is 1. The molecular weight excluding hydrogens is 416 g/mol. The summed E-state index contributed by atoms with van der Waals surface area (Å²) < 4.78 is 5.93. The summed E-state index contributed by atoms with van der Waals surface area (Å²) in [6, 6.07) is 15.1. The fraction of sp³-hybridized carbons (Fsp3) is 0.308. The summed E-state index contributed by atoms with van der Waals surface area (Å²) >= 11 is 0. The summed E-state index contributed by atoms with van der Waals surface area (Å²) in [6.45, 7) is 2.60. The number of rotatable bonds is 5. The Morgan fingerprint density at radius 1 is 1.09 bits per heavy atom. The van der Waals surface area contributed by atoms with Crippen molar-refractivity contribution in [3.63, 3.8) is 0 Å². The molecule has 0 saturated carbocycles. The van der Waals surface area contributed by atoms with Crippen LogP contribution in [-0.4, -0.2) is 52.8 Å². The van der Waals surface area contributed by atoms with E-state index < -0.39 is 0 Å². The van der Waals surface area contributed by atoms with Gasteiger partial charge in [-0.2, -0.15) is 0 Å². The third-order valence-electron chi connectivity index (χ3n) is 6.38. The molecule has 0 aliphatic carbocycles. The van der Waals surface area contributed by atoms with E-state index in [2.05, 4.69) is 20.2 Å². The van der Waals surface area contributed by atoms with Crippen LogP contribution in [0.15, 0.2) is 67.1 Å². The number of amides is 1. The number of piperidine rings is 1. The summed E-state index contributed by atoms with van der Waals surface area (Å²) in [5.74, 6) is 0.557. The Morgan fingerprint density at radius 2 is 1.97 bits per heavy atom. The molecule has 1 unspecified atom stereocenters. The molecule has 2 aromatic heterocycles. The van der Waals surface area contributed by atoms with Gasteiger partial charge >= 0.3 is 0 Å². The van der Waals surface area contributed by atoms with E-state index in [1.807, 2.05) is 42.5 Å². The van der Waals surface area contributed by atoms with Gasteiger partial charge in [0, 0.05) is 30.4 Å². The molecule has 1 atom stereocenters. The molecule has 5 rings (SSSR count). The third-order valence-corrected chi connectivity index (χ3v) is 6.38. The first-order valence-electron chi connectivity index (χ1n) is 11.3. The number of hydrogen-bond acceptors (Lipinski definition) is 6. The smallest absolute Gasteiger partial charge is 0.227 e. The minimum atomic E-state index is -0.211. The number of carbonyl (C=O) groups excluding carboxylic acids is 2. The van der Waals surface area contributed by atoms with E-state index in [0.717, 1.165) is 42.9 Å². The average molecular weight is 443 g/mol. The second-order valence-electron chi connectivity index (χ2n) is 8.60. The van der Waals surface area contributed by atoms with E-state index in [1.165, 1.54) is 0 Å². The largest absolute Gasteiger partial charge is 0.492 e. The van der Waals surface area contributed by atoms with Crippen LogP contribution in [0, 0.1) is 11.8 Å². The van der Waals surface area contributed by atoms with E-state index in [-0.39, 0.29) is 23.5 Å². The SMILES string of the molecule is O=C(Nc1cccnc1)C1CCN(CC2COc3ccc(-c4ccccn4)cc3C2=O)CC1. The topological polar surface area (TPSA) is 84.4 Å². The van der Waals surface area contributed by atoms with Gasteiger partial charge in [0.1, 0.15) is 5.75 Å². The van der Waals surface area contributed by atoms with Gasteiger partial charge in [0.2, 0.25) is 5.91 Å². The van der Waals surface area contributed by atoms with Crippen molar-refractivity contribution in [3.8, 4) is 17.0 Å². The number of aromatic nitrogens is 2. The predicted molar refractivity (Wildman–Crippen MR) is 125 cm³/mol. The van der Waals surface area contributed by atoms with Crippen molar-refractivity contribution in [2.45, 2.75) is 12.8 Å². The monoisotopic (exact) mass is 442 g/mol. The molecule has 7 nitrogen and oxygen atoms in total. The number of hydrogen-bond donors (Lipinski definition) is 1. The van der Waals surface area contributed by atoms with Crippen molar-refractivity contribution >= 4 is 17.4 Å². The Bertz CT molecular complexity index is 1130.